The van der Waals surface area contributed by atoms with E-state index in [-0.39, 0.29) is 13.0 Å². The number of nitrogens with one attached hydrogen (secondary N) is 1. The second kappa shape index (κ2) is 6.40. The molecule has 0 heterocycles. The Balaban J connectivity index is 4.01. The first-order chi connectivity index (χ1) is 7.28. The Hall–Kier alpha value is -1.19. The number of aliphatic hydroxyl groups excluding tert-OH is 1. The van der Waals surface area contributed by atoms with Crippen LogP contribution in [0.25, 0.3) is 0 Å². The molecule has 0 radical (unpaired) electrons. The first kappa shape index (κ1) is 14.8. The van der Waals surface area contributed by atoms with E-state index >= 15 is 0 Å². The van der Waals surface area contributed by atoms with Gasteiger partial charge in [0, 0.05) is 6.54 Å². The molecule has 0 bridgehead atoms. The van der Waals surface area contributed by atoms with Crippen molar-refractivity contribution in [3.8, 4) is 0 Å². The van der Waals surface area contributed by atoms with Crippen LogP contribution in [0.4, 0.5) is 0 Å². The van der Waals surface area contributed by atoms with Crippen molar-refractivity contribution < 1.29 is 33.0 Å². The van der Waals surface area contributed by atoms with Crippen molar-refractivity contribution in [2.75, 3.05) is 19.4 Å². The Morgan fingerprint density at radius 2 is 2.00 bits per heavy atom. The van der Waals surface area contributed by atoms with Crippen molar-refractivity contribution in [1.29, 1.82) is 0 Å². The van der Waals surface area contributed by atoms with E-state index in [1.165, 1.54) is 0 Å². The summed E-state index contributed by atoms with van der Waals surface area (Å²) in [4.78, 5) is 20.8. The van der Waals surface area contributed by atoms with Crippen LogP contribution in [0.1, 0.15) is 6.42 Å². The molecule has 1 unspecified atom stereocenters. The van der Waals surface area contributed by atoms with E-state index in [0.29, 0.717) is 0 Å². The number of methoxy groups -OCH3 is 1. The highest BCUT2D eigenvalue weighted by Gasteiger charge is 2.18. The minimum atomic E-state index is -3.84. The summed E-state index contributed by atoms with van der Waals surface area (Å²) in [7, 11) is -2.80. The van der Waals surface area contributed by atoms with Gasteiger partial charge in [-0.2, -0.15) is 0 Å². The molecule has 0 aliphatic rings. The van der Waals surface area contributed by atoms with Crippen molar-refractivity contribution in [3.05, 3.63) is 0 Å². The van der Waals surface area contributed by atoms with Gasteiger partial charge in [-0.05, 0) is 6.42 Å². The van der Waals surface area contributed by atoms with Crippen LogP contribution in [-0.2, 0) is 24.3 Å². The minimum Gasteiger partial charge on any atom is -0.479 e. The van der Waals surface area contributed by atoms with Crippen molar-refractivity contribution in [2.24, 2.45) is 0 Å². The lowest BCUT2D eigenvalue weighted by Crippen LogP contribution is -2.34. The molecule has 0 amide bonds. The summed E-state index contributed by atoms with van der Waals surface area (Å²) in [6.07, 6.45) is -1.92. The van der Waals surface area contributed by atoms with E-state index in [0.717, 1.165) is 7.11 Å². The Kier molecular flexibility index (Phi) is 5.93. The number of hydrogen-bond acceptors (Lipinski definition) is 6. The smallest absolute Gasteiger partial charge is 0.332 e. The minimum absolute atomic E-state index is 0.271. The number of esters is 1. The van der Waals surface area contributed by atoms with E-state index < -0.39 is 33.8 Å². The molecule has 0 aromatic carbocycles. The third-order valence-corrected chi connectivity index (χ3v) is 2.82. The fourth-order valence-corrected chi connectivity index (χ4v) is 1.70. The molecule has 3 N–H and O–H groups in total. The zero-order chi connectivity index (χ0) is 12.8. The monoisotopic (exact) mass is 255 g/mol. The standard InChI is InChI=1S/C7H13NO7S/c1-15-6(10)4-16(13,14)8-3-2-5(9)7(11)12/h5,8-9H,2-4H2,1H3,(H,11,12). The molecule has 1 atom stereocenters. The zero-order valence-electron chi connectivity index (χ0n) is 8.54. The molecule has 0 aliphatic heterocycles. The van der Waals surface area contributed by atoms with Crippen molar-refractivity contribution in [1.82, 2.24) is 4.72 Å². The molecule has 0 saturated heterocycles. The number of aliphatic carboxylic acids is 1. The Bertz CT molecular complexity index is 350. The molecule has 0 rings (SSSR count). The molecule has 0 saturated carbocycles. The quantitative estimate of drug-likeness (QED) is 0.445. The van der Waals surface area contributed by atoms with E-state index in [9.17, 15) is 18.0 Å². The van der Waals surface area contributed by atoms with E-state index in [4.69, 9.17) is 10.2 Å². The maximum Gasteiger partial charge on any atom is 0.332 e. The molecule has 8 nitrogen and oxygen atoms in total. The molecule has 0 aromatic heterocycles. The predicted molar refractivity (Wildman–Crippen MR) is 52.1 cm³/mol. The summed E-state index contributed by atoms with van der Waals surface area (Å²) >= 11 is 0. The number of sulfonamides is 1. The van der Waals surface area contributed by atoms with Crippen LogP contribution in [0.5, 0.6) is 0 Å². The van der Waals surface area contributed by atoms with E-state index in [1.54, 1.807) is 0 Å². The van der Waals surface area contributed by atoms with Crippen LogP contribution in [-0.4, -0.2) is 56.1 Å². The fourth-order valence-electron chi connectivity index (χ4n) is 0.740. The van der Waals surface area contributed by atoms with Crippen molar-refractivity contribution in [3.63, 3.8) is 0 Å². The number of aliphatic hydroxyl groups is 1. The molecule has 94 valence electrons. The fraction of sp³-hybridized carbons (Fsp3) is 0.714. The molecule has 0 fully saturated rings. The van der Waals surface area contributed by atoms with Crippen LogP contribution in [0.2, 0.25) is 0 Å². The topological polar surface area (TPSA) is 130 Å². The van der Waals surface area contributed by atoms with Gasteiger partial charge in [-0.25, -0.2) is 17.9 Å². The normalized spacial score (nSPS) is 13.1. The maximum atomic E-state index is 11.1. The third-order valence-electron chi connectivity index (χ3n) is 1.56. The van der Waals surface area contributed by atoms with Crippen LogP contribution in [0.3, 0.4) is 0 Å². The summed E-state index contributed by atoms with van der Waals surface area (Å²) in [5, 5.41) is 17.1. The Morgan fingerprint density at radius 1 is 1.44 bits per heavy atom. The summed E-state index contributed by atoms with van der Waals surface area (Å²) in [6.45, 7) is -0.271. The van der Waals surface area contributed by atoms with Gasteiger partial charge in [0.25, 0.3) is 0 Å². The van der Waals surface area contributed by atoms with Crippen LogP contribution >= 0.6 is 0 Å². The lowest BCUT2D eigenvalue weighted by atomic mass is 10.3. The van der Waals surface area contributed by atoms with Crippen LogP contribution in [0.15, 0.2) is 0 Å². The average Bonchev–Trinajstić information content (AvgIpc) is 2.16. The SMILES string of the molecule is COC(=O)CS(=O)(=O)NCCC(O)C(=O)O. The summed E-state index contributed by atoms with van der Waals surface area (Å²) in [5.74, 6) is -3.20. The van der Waals surface area contributed by atoms with Crippen LogP contribution < -0.4 is 4.72 Å². The highest BCUT2D eigenvalue weighted by atomic mass is 32.2. The lowest BCUT2D eigenvalue weighted by Gasteiger charge is -2.07. The molecular weight excluding hydrogens is 242 g/mol. The van der Waals surface area contributed by atoms with Gasteiger partial charge in [0.1, 0.15) is 0 Å². The van der Waals surface area contributed by atoms with Gasteiger partial charge in [0.15, 0.2) is 11.9 Å². The second-order valence-electron chi connectivity index (χ2n) is 2.87. The first-order valence-electron chi connectivity index (χ1n) is 4.23. The second-order valence-corrected chi connectivity index (χ2v) is 4.68. The van der Waals surface area contributed by atoms with Crippen molar-refractivity contribution in [2.45, 2.75) is 12.5 Å². The number of ether oxygens (including phenoxy) is 1. The highest BCUT2D eigenvalue weighted by molar-refractivity contribution is 7.90. The van der Waals surface area contributed by atoms with Gasteiger partial charge in [-0.15, -0.1) is 0 Å². The Morgan fingerprint density at radius 3 is 2.44 bits per heavy atom. The van der Waals surface area contributed by atoms with E-state index in [1.807, 2.05) is 4.72 Å². The van der Waals surface area contributed by atoms with Crippen molar-refractivity contribution >= 4 is 22.0 Å². The number of carbonyl (C=O) groups is 2. The maximum absolute atomic E-state index is 11.1. The summed E-state index contributed by atoms with van der Waals surface area (Å²) in [6, 6.07) is 0. The molecular formula is C7H13NO7S. The molecule has 0 spiro atoms. The predicted octanol–water partition coefficient (Wildman–Crippen LogP) is -2.09. The summed E-state index contributed by atoms with van der Waals surface area (Å²) < 4.78 is 28.3. The molecule has 16 heavy (non-hydrogen) atoms. The van der Waals surface area contributed by atoms with Gasteiger partial charge in [-0.3, -0.25) is 4.79 Å². The highest BCUT2D eigenvalue weighted by Crippen LogP contribution is 1.92. The summed E-state index contributed by atoms with van der Waals surface area (Å²) in [5.41, 5.74) is 0. The number of carbonyl (C=O) groups excluding carboxylic acids is 1. The molecule has 9 heteroatoms. The van der Waals surface area contributed by atoms with E-state index in [2.05, 4.69) is 4.74 Å². The molecule has 0 aromatic rings. The third kappa shape index (κ3) is 6.32. The number of hydrogen-bond donors (Lipinski definition) is 3. The largest absolute Gasteiger partial charge is 0.479 e. The number of carboxylic acids is 1. The number of rotatable bonds is 7. The average molecular weight is 255 g/mol. The van der Waals surface area contributed by atoms with Gasteiger partial charge in [0.05, 0.1) is 7.11 Å². The number of carboxylic acid groups (broad SMARTS) is 1. The van der Waals surface area contributed by atoms with Gasteiger partial charge in [-0.1, -0.05) is 0 Å². The zero-order valence-corrected chi connectivity index (χ0v) is 9.36. The van der Waals surface area contributed by atoms with Gasteiger partial charge >= 0.3 is 11.9 Å². The van der Waals surface area contributed by atoms with Gasteiger partial charge < -0.3 is 14.9 Å². The Labute approximate surface area is 92.3 Å². The lowest BCUT2D eigenvalue weighted by molar-refractivity contribution is -0.146. The first-order valence-corrected chi connectivity index (χ1v) is 5.88. The van der Waals surface area contributed by atoms with Crippen LogP contribution in [0, 0.1) is 0 Å². The molecule has 0 aliphatic carbocycles. The van der Waals surface area contributed by atoms with Gasteiger partial charge in [0.2, 0.25) is 10.0 Å².